The van der Waals surface area contributed by atoms with E-state index in [2.05, 4.69) is 0 Å². The average Bonchev–Trinajstić information content (AvgIpc) is 1.99. The molecule has 0 atom stereocenters. The van der Waals surface area contributed by atoms with E-state index >= 15 is 0 Å². The van der Waals surface area contributed by atoms with Gasteiger partial charge in [0.2, 0.25) is 0 Å². The quantitative estimate of drug-likeness (QED) is 0.341. The summed E-state index contributed by atoms with van der Waals surface area (Å²) in [5.74, 6) is 0. The van der Waals surface area contributed by atoms with Gasteiger partial charge in [-0.15, -0.1) is 0 Å². The van der Waals surface area contributed by atoms with Gasteiger partial charge in [0.15, 0.2) is 0 Å². The van der Waals surface area contributed by atoms with Crippen molar-refractivity contribution in [1.29, 1.82) is 0 Å². The van der Waals surface area contributed by atoms with Crippen LogP contribution in [0.3, 0.4) is 0 Å². The summed E-state index contributed by atoms with van der Waals surface area (Å²) in [6, 6.07) is 0. The Balaban J connectivity index is 4.68. The van der Waals surface area contributed by atoms with Gasteiger partial charge in [0.25, 0.3) is 0 Å². The Morgan fingerprint density at radius 1 is 1.07 bits per heavy atom. The summed E-state index contributed by atoms with van der Waals surface area (Å²) in [7, 11) is -9.76. The summed E-state index contributed by atoms with van der Waals surface area (Å²) in [5.41, 5.74) is 5.19. The zero-order valence-electron chi connectivity index (χ0n) is 7.98. The Bertz CT molecular complexity index is 292. The molecule has 0 radical (unpaired) electrons. The van der Waals surface area contributed by atoms with Gasteiger partial charge in [0.1, 0.15) is 5.06 Å². The summed E-state index contributed by atoms with van der Waals surface area (Å²) in [4.78, 5) is 34.8. The lowest BCUT2D eigenvalue weighted by Gasteiger charge is -2.10. The third-order valence-electron chi connectivity index (χ3n) is 1.58. The van der Waals surface area contributed by atoms with Crippen LogP contribution < -0.4 is 5.73 Å². The molecular weight excluding hydrogens is 244 g/mol. The van der Waals surface area contributed by atoms with E-state index in [1.807, 2.05) is 0 Å². The van der Waals surface area contributed by atoms with Crippen LogP contribution in [0.1, 0.15) is 19.3 Å². The minimum Gasteiger partial charge on any atom is -0.330 e. The van der Waals surface area contributed by atoms with E-state index in [4.69, 9.17) is 25.3 Å². The van der Waals surface area contributed by atoms with Crippen LogP contribution in [0.25, 0.3) is 0 Å². The van der Waals surface area contributed by atoms with Gasteiger partial charge in [0.05, 0.1) is 0 Å². The summed E-state index contributed by atoms with van der Waals surface area (Å²) < 4.78 is 21.5. The van der Waals surface area contributed by atoms with Crippen LogP contribution >= 0.6 is 15.2 Å². The third kappa shape index (κ3) is 6.22. The number of unbranched alkanes of at least 4 members (excludes halogenated alkanes) is 2. The number of rotatable bonds is 6. The molecule has 0 aromatic rings. The van der Waals surface area contributed by atoms with Crippen molar-refractivity contribution in [3.05, 3.63) is 11.1 Å². The molecule has 9 heteroatoms. The molecule has 0 aromatic carbocycles. The van der Waals surface area contributed by atoms with Gasteiger partial charge in [-0.1, -0.05) is 6.08 Å². The average molecular weight is 259 g/mol. The molecule has 0 amide bonds. The fraction of sp³-hybridized carbons (Fsp3) is 0.667. The first-order chi connectivity index (χ1) is 6.69. The van der Waals surface area contributed by atoms with Crippen molar-refractivity contribution in [2.24, 2.45) is 5.73 Å². The maximum Gasteiger partial charge on any atom is 0.364 e. The largest absolute Gasteiger partial charge is 0.364 e. The minimum absolute atomic E-state index is 0.183. The molecular formula is C6H15NO6P2. The Morgan fingerprint density at radius 2 is 1.53 bits per heavy atom. The molecule has 0 heterocycles. The molecule has 0 fully saturated rings. The van der Waals surface area contributed by atoms with Crippen molar-refractivity contribution in [3.8, 4) is 0 Å². The summed E-state index contributed by atoms with van der Waals surface area (Å²) in [6.07, 6.45) is 2.24. The second-order valence-electron chi connectivity index (χ2n) is 2.93. The third-order valence-corrected chi connectivity index (χ3v) is 4.70. The molecule has 0 aliphatic carbocycles. The van der Waals surface area contributed by atoms with Crippen LogP contribution in [-0.4, -0.2) is 26.1 Å². The van der Waals surface area contributed by atoms with Gasteiger partial charge < -0.3 is 25.3 Å². The highest BCUT2D eigenvalue weighted by molar-refractivity contribution is 7.77. The summed E-state index contributed by atoms with van der Waals surface area (Å²) in [6.45, 7) is 0.426. The molecule has 6 N–H and O–H groups in total. The van der Waals surface area contributed by atoms with E-state index in [1.54, 1.807) is 0 Å². The molecule has 15 heavy (non-hydrogen) atoms. The van der Waals surface area contributed by atoms with Crippen molar-refractivity contribution in [2.45, 2.75) is 19.3 Å². The standard InChI is InChI=1S/C6H15NO6P2/c7-5-3-1-2-4-6(14(8,9)10)15(11,12)13/h4H,1-3,5,7H2,(H2,8,9,10)(H2,11,12,13). The molecule has 0 aromatic heterocycles. The maximum absolute atomic E-state index is 10.8. The second kappa shape index (κ2) is 5.92. The van der Waals surface area contributed by atoms with Gasteiger partial charge in [-0.25, -0.2) is 0 Å². The lowest BCUT2D eigenvalue weighted by molar-refractivity contribution is 0.367. The van der Waals surface area contributed by atoms with Crippen molar-refractivity contribution in [2.75, 3.05) is 6.54 Å². The van der Waals surface area contributed by atoms with Crippen LogP contribution in [0.5, 0.6) is 0 Å². The molecule has 0 unspecified atom stereocenters. The topological polar surface area (TPSA) is 141 Å². The lowest BCUT2D eigenvalue weighted by Crippen LogP contribution is -1.97. The Kier molecular flexibility index (Phi) is 5.92. The second-order valence-corrected chi connectivity index (χ2v) is 6.43. The molecule has 0 bridgehead atoms. The highest BCUT2D eigenvalue weighted by Crippen LogP contribution is 2.63. The minimum atomic E-state index is -4.88. The van der Waals surface area contributed by atoms with Gasteiger partial charge in [0, 0.05) is 0 Å². The number of hydrogen-bond donors (Lipinski definition) is 5. The predicted octanol–water partition coefficient (Wildman–Crippen LogP) is 0.312. The van der Waals surface area contributed by atoms with E-state index in [1.165, 1.54) is 0 Å². The van der Waals surface area contributed by atoms with Gasteiger partial charge in [-0.05, 0) is 25.8 Å². The molecule has 0 spiro atoms. The predicted molar refractivity (Wildman–Crippen MR) is 55.1 cm³/mol. The fourth-order valence-corrected chi connectivity index (χ4v) is 3.02. The zero-order valence-corrected chi connectivity index (χ0v) is 9.77. The van der Waals surface area contributed by atoms with E-state index in [9.17, 15) is 9.13 Å². The monoisotopic (exact) mass is 259 g/mol. The first-order valence-electron chi connectivity index (χ1n) is 4.22. The van der Waals surface area contributed by atoms with E-state index in [-0.39, 0.29) is 6.42 Å². The zero-order chi connectivity index (χ0) is 12.1. The fourth-order valence-electron chi connectivity index (χ4n) is 0.927. The molecule has 7 nitrogen and oxygen atoms in total. The van der Waals surface area contributed by atoms with Crippen LogP contribution in [-0.2, 0) is 9.13 Å². The molecule has 0 aliphatic heterocycles. The van der Waals surface area contributed by atoms with Crippen molar-refractivity contribution >= 4 is 15.2 Å². The summed E-state index contributed by atoms with van der Waals surface area (Å²) in [5, 5.41) is -1.10. The Labute approximate surface area is 87.3 Å². The van der Waals surface area contributed by atoms with Gasteiger partial charge in [-0.3, -0.25) is 9.13 Å². The first kappa shape index (κ1) is 15.0. The number of allylic oxidation sites excluding steroid dienone is 1. The molecule has 0 saturated carbocycles. The normalized spacial score (nSPS) is 12.6. The van der Waals surface area contributed by atoms with E-state index < -0.39 is 20.2 Å². The van der Waals surface area contributed by atoms with Crippen molar-refractivity contribution in [1.82, 2.24) is 0 Å². The highest BCUT2D eigenvalue weighted by Gasteiger charge is 2.35. The number of hydrogen-bond acceptors (Lipinski definition) is 3. The van der Waals surface area contributed by atoms with Crippen LogP contribution in [0, 0.1) is 0 Å². The van der Waals surface area contributed by atoms with Crippen LogP contribution in [0.2, 0.25) is 0 Å². The van der Waals surface area contributed by atoms with E-state index in [0.29, 0.717) is 19.4 Å². The Morgan fingerprint density at radius 3 is 1.87 bits per heavy atom. The van der Waals surface area contributed by atoms with E-state index in [0.717, 1.165) is 6.08 Å². The Hall–Kier alpha value is -0.0000000000000000971. The summed E-state index contributed by atoms with van der Waals surface area (Å²) >= 11 is 0. The lowest BCUT2D eigenvalue weighted by atomic mass is 10.2. The maximum atomic E-state index is 10.8. The van der Waals surface area contributed by atoms with Crippen molar-refractivity contribution < 1.29 is 28.7 Å². The first-order valence-corrected chi connectivity index (χ1v) is 7.44. The molecule has 0 rings (SSSR count). The van der Waals surface area contributed by atoms with Crippen LogP contribution in [0.4, 0.5) is 0 Å². The number of nitrogens with two attached hydrogens (primary N) is 1. The van der Waals surface area contributed by atoms with Gasteiger partial charge >= 0.3 is 15.2 Å². The molecule has 90 valence electrons. The molecule has 0 saturated heterocycles. The highest BCUT2D eigenvalue weighted by atomic mass is 31.2. The smallest absolute Gasteiger partial charge is 0.330 e. The molecule has 0 aliphatic rings. The van der Waals surface area contributed by atoms with Gasteiger partial charge in [-0.2, -0.15) is 0 Å². The van der Waals surface area contributed by atoms with Crippen LogP contribution in [0.15, 0.2) is 11.1 Å². The van der Waals surface area contributed by atoms with Crippen molar-refractivity contribution in [3.63, 3.8) is 0 Å². The SMILES string of the molecule is NCCCCC=C(P(=O)(O)O)P(=O)(O)O.